The number of pyridine rings is 1. The van der Waals surface area contributed by atoms with Crippen LogP contribution in [0.1, 0.15) is 12.6 Å². The van der Waals surface area contributed by atoms with Crippen molar-refractivity contribution in [3.63, 3.8) is 0 Å². The number of hydrogen-bond acceptors (Lipinski definition) is 4. The van der Waals surface area contributed by atoms with E-state index in [0.717, 1.165) is 25.3 Å². The molecule has 1 aromatic heterocycles. The second-order valence-electron chi connectivity index (χ2n) is 4.26. The van der Waals surface area contributed by atoms with Gasteiger partial charge in [0.05, 0.1) is 5.69 Å². The minimum atomic E-state index is 0.514. The molecule has 1 saturated heterocycles. The first kappa shape index (κ1) is 10.9. The van der Waals surface area contributed by atoms with Gasteiger partial charge in [-0.25, -0.2) is 4.98 Å². The van der Waals surface area contributed by atoms with Crippen LogP contribution in [-0.2, 0) is 0 Å². The second kappa shape index (κ2) is 4.50. The Balaban J connectivity index is 2.22. The molecule has 0 amide bonds. The number of likely N-dealkylation sites (N-methyl/N-ethyl adjacent to an activating group) is 1. The number of hydrogen-bond donors (Lipinski definition) is 0. The lowest BCUT2D eigenvalue weighted by Crippen LogP contribution is -2.50. The van der Waals surface area contributed by atoms with Gasteiger partial charge < -0.3 is 9.80 Å². The van der Waals surface area contributed by atoms with Crippen LogP contribution >= 0.6 is 0 Å². The van der Waals surface area contributed by atoms with E-state index in [0.29, 0.717) is 11.7 Å². The highest BCUT2D eigenvalue weighted by atomic mass is 15.3. The van der Waals surface area contributed by atoms with Gasteiger partial charge in [0.2, 0.25) is 0 Å². The van der Waals surface area contributed by atoms with Crippen LogP contribution in [-0.4, -0.2) is 42.6 Å². The van der Waals surface area contributed by atoms with Gasteiger partial charge in [-0.3, -0.25) is 0 Å². The molecule has 0 N–H and O–H groups in total. The third kappa shape index (κ3) is 2.00. The Morgan fingerprint density at radius 1 is 1.50 bits per heavy atom. The molecule has 1 aromatic rings. The number of nitrogens with zero attached hydrogens (tertiary/aromatic N) is 4. The molecule has 1 atom stereocenters. The van der Waals surface area contributed by atoms with Crippen LogP contribution in [0, 0.1) is 11.3 Å². The van der Waals surface area contributed by atoms with E-state index >= 15 is 0 Å². The normalized spacial score (nSPS) is 21.8. The van der Waals surface area contributed by atoms with Gasteiger partial charge in [-0.15, -0.1) is 0 Å². The molecule has 1 fully saturated rings. The van der Waals surface area contributed by atoms with E-state index in [1.54, 1.807) is 6.20 Å². The van der Waals surface area contributed by atoms with Gasteiger partial charge in [0.1, 0.15) is 6.07 Å². The summed E-state index contributed by atoms with van der Waals surface area (Å²) >= 11 is 0. The lowest BCUT2D eigenvalue weighted by atomic mass is 10.1. The highest BCUT2D eigenvalue weighted by Gasteiger charge is 2.22. The molecule has 0 radical (unpaired) electrons. The predicted octanol–water partition coefficient (Wildman–Crippen LogP) is 1.09. The number of anilines is 1. The second-order valence-corrected chi connectivity index (χ2v) is 4.26. The molecular formula is C12H16N4. The first-order valence-electron chi connectivity index (χ1n) is 5.52. The maximum Gasteiger partial charge on any atom is 0.163 e. The summed E-state index contributed by atoms with van der Waals surface area (Å²) in [5, 5.41) is 9.02. The van der Waals surface area contributed by atoms with Gasteiger partial charge in [0.15, 0.2) is 5.69 Å². The largest absolute Gasteiger partial charge is 0.366 e. The summed E-state index contributed by atoms with van der Waals surface area (Å²) in [6, 6.07) is 6.53. The topological polar surface area (TPSA) is 43.2 Å². The maximum atomic E-state index is 9.02. The Morgan fingerprint density at radius 2 is 2.31 bits per heavy atom. The zero-order chi connectivity index (χ0) is 11.5. The predicted molar refractivity (Wildman–Crippen MR) is 63.3 cm³/mol. The summed E-state index contributed by atoms with van der Waals surface area (Å²) in [4.78, 5) is 8.68. The summed E-state index contributed by atoms with van der Waals surface area (Å²) in [6.45, 7) is 5.15. The fourth-order valence-corrected chi connectivity index (χ4v) is 2.01. The standard InChI is InChI=1S/C12H16N4/c1-10-9-16(7-6-15(10)2)12-4-3-5-14-11(12)8-13/h3-5,10H,6-7,9H2,1-2H3. The Hall–Kier alpha value is -1.60. The van der Waals surface area contributed by atoms with Gasteiger partial charge >= 0.3 is 0 Å². The number of rotatable bonds is 1. The van der Waals surface area contributed by atoms with Gasteiger partial charge in [-0.1, -0.05) is 0 Å². The summed E-state index contributed by atoms with van der Waals surface area (Å²) in [5.41, 5.74) is 1.49. The summed E-state index contributed by atoms with van der Waals surface area (Å²) in [7, 11) is 2.14. The van der Waals surface area contributed by atoms with Crippen LogP contribution in [0.25, 0.3) is 0 Å². The lowest BCUT2D eigenvalue weighted by Gasteiger charge is -2.39. The molecule has 0 saturated carbocycles. The molecule has 1 aliphatic heterocycles. The highest BCUT2D eigenvalue weighted by molar-refractivity contribution is 5.56. The number of aromatic nitrogens is 1. The van der Waals surface area contributed by atoms with E-state index in [-0.39, 0.29) is 0 Å². The first-order valence-corrected chi connectivity index (χ1v) is 5.52. The molecule has 0 aliphatic carbocycles. The Labute approximate surface area is 96.1 Å². The van der Waals surface area contributed by atoms with E-state index in [9.17, 15) is 0 Å². The van der Waals surface area contributed by atoms with Gasteiger partial charge in [-0.05, 0) is 26.1 Å². The van der Waals surface area contributed by atoms with Crippen LogP contribution < -0.4 is 4.90 Å². The molecule has 1 aliphatic rings. The third-order valence-corrected chi connectivity index (χ3v) is 3.19. The zero-order valence-corrected chi connectivity index (χ0v) is 9.72. The van der Waals surface area contributed by atoms with Crippen molar-refractivity contribution >= 4 is 5.69 Å². The van der Waals surface area contributed by atoms with Crippen molar-refractivity contribution in [3.8, 4) is 6.07 Å². The number of nitriles is 1. The van der Waals surface area contributed by atoms with Crippen LogP contribution in [0.4, 0.5) is 5.69 Å². The minimum absolute atomic E-state index is 0.514. The number of piperazine rings is 1. The summed E-state index contributed by atoms with van der Waals surface area (Å²) < 4.78 is 0. The van der Waals surface area contributed by atoms with Crippen LogP contribution in [0.5, 0.6) is 0 Å². The molecule has 1 unspecified atom stereocenters. The Morgan fingerprint density at radius 3 is 3.00 bits per heavy atom. The molecule has 2 rings (SSSR count). The van der Waals surface area contributed by atoms with E-state index in [2.05, 4.69) is 34.8 Å². The zero-order valence-electron chi connectivity index (χ0n) is 9.72. The van der Waals surface area contributed by atoms with Crippen molar-refractivity contribution in [1.29, 1.82) is 5.26 Å². The van der Waals surface area contributed by atoms with Crippen molar-refractivity contribution in [3.05, 3.63) is 24.0 Å². The smallest absolute Gasteiger partial charge is 0.163 e. The van der Waals surface area contributed by atoms with E-state index in [1.165, 1.54) is 0 Å². The van der Waals surface area contributed by atoms with Crippen LogP contribution in [0.15, 0.2) is 18.3 Å². The van der Waals surface area contributed by atoms with Crippen molar-refractivity contribution < 1.29 is 0 Å². The molecular weight excluding hydrogens is 200 g/mol. The molecule has 0 spiro atoms. The quantitative estimate of drug-likeness (QED) is 0.705. The molecule has 84 valence electrons. The fraction of sp³-hybridized carbons (Fsp3) is 0.500. The molecule has 2 heterocycles. The van der Waals surface area contributed by atoms with Crippen molar-refractivity contribution in [2.45, 2.75) is 13.0 Å². The van der Waals surface area contributed by atoms with Crippen LogP contribution in [0.3, 0.4) is 0 Å². The van der Waals surface area contributed by atoms with Crippen molar-refractivity contribution in [2.24, 2.45) is 0 Å². The molecule has 0 aromatic carbocycles. The maximum absolute atomic E-state index is 9.02. The molecule has 4 nitrogen and oxygen atoms in total. The van der Waals surface area contributed by atoms with Gasteiger partial charge in [-0.2, -0.15) is 5.26 Å². The third-order valence-electron chi connectivity index (χ3n) is 3.19. The van der Waals surface area contributed by atoms with Gasteiger partial charge in [0.25, 0.3) is 0 Å². The van der Waals surface area contributed by atoms with E-state index < -0.39 is 0 Å². The summed E-state index contributed by atoms with van der Waals surface area (Å²) in [6.07, 6.45) is 1.67. The SMILES string of the molecule is CC1CN(c2cccnc2C#N)CCN1C. The van der Waals surface area contributed by atoms with Gasteiger partial charge in [0, 0.05) is 31.9 Å². The van der Waals surface area contributed by atoms with Crippen LogP contribution in [0.2, 0.25) is 0 Å². The molecule has 16 heavy (non-hydrogen) atoms. The minimum Gasteiger partial charge on any atom is -0.366 e. The fourth-order valence-electron chi connectivity index (χ4n) is 2.01. The Bertz CT molecular complexity index is 410. The first-order chi connectivity index (χ1) is 7.72. The average Bonchev–Trinajstić information content (AvgIpc) is 2.32. The average molecular weight is 216 g/mol. The lowest BCUT2D eigenvalue weighted by molar-refractivity contribution is 0.234. The van der Waals surface area contributed by atoms with E-state index in [1.807, 2.05) is 12.1 Å². The highest BCUT2D eigenvalue weighted by Crippen LogP contribution is 2.20. The molecule has 0 bridgehead atoms. The van der Waals surface area contributed by atoms with E-state index in [4.69, 9.17) is 5.26 Å². The summed E-state index contributed by atoms with van der Waals surface area (Å²) in [5.74, 6) is 0. The van der Waals surface area contributed by atoms with Crippen molar-refractivity contribution in [1.82, 2.24) is 9.88 Å². The Kier molecular flexibility index (Phi) is 3.07. The van der Waals surface area contributed by atoms with Crippen molar-refractivity contribution in [2.75, 3.05) is 31.6 Å². The monoisotopic (exact) mass is 216 g/mol. The molecule has 4 heteroatoms.